The molecule has 6 nitrogen and oxygen atoms in total. The first-order chi connectivity index (χ1) is 10.8. The number of carbonyl (C=O) groups is 1. The van der Waals surface area contributed by atoms with E-state index in [1.165, 1.54) is 6.42 Å². The molecule has 1 aromatic heterocycles. The van der Waals surface area contributed by atoms with Crippen LogP contribution >= 0.6 is 0 Å². The van der Waals surface area contributed by atoms with Gasteiger partial charge in [0, 0.05) is 25.8 Å². The Hall–Kier alpha value is -1.66. The van der Waals surface area contributed by atoms with Crippen LogP contribution in [-0.4, -0.2) is 56.8 Å². The Labute approximate surface area is 131 Å². The van der Waals surface area contributed by atoms with Crippen LogP contribution in [0.1, 0.15) is 23.2 Å². The summed E-state index contributed by atoms with van der Waals surface area (Å²) < 4.78 is 5.37. The average molecular weight is 304 g/mol. The number of ether oxygens (including phenoxy) is 1. The second-order valence-corrected chi connectivity index (χ2v) is 5.88. The number of hydrogen-bond acceptors (Lipinski definition) is 5. The Morgan fingerprint density at radius 3 is 3.09 bits per heavy atom. The molecule has 1 aromatic rings. The van der Waals surface area contributed by atoms with Crippen molar-refractivity contribution in [2.24, 2.45) is 5.92 Å². The molecule has 2 aliphatic rings. The molecule has 3 rings (SSSR count). The minimum absolute atomic E-state index is 0.0273. The molecule has 6 heteroatoms. The number of morpholine rings is 1. The topological polar surface area (TPSA) is 66.5 Å². The first kappa shape index (κ1) is 15.2. The van der Waals surface area contributed by atoms with Crippen LogP contribution in [0, 0.1) is 5.92 Å². The fraction of sp³-hybridized carbons (Fsp3) is 0.625. The molecule has 2 aliphatic heterocycles. The summed E-state index contributed by atoms with van der Waals surface area (Å²) in [5, 5.41) is 6.39. The van der Waals surface area contributed by atoms with E-state index in [9.17, 15) is 4.79 Å². The van der Waals surface area contributed by atoms with Gasteiger partial charge in [-0.15, -0.1) is 0 Å². The van der Waals surface area contributed by atoms with Crippen molar-refractivity contribution < 1.29 is 9.53 Å². The number of nitrogens with zero attached hydrogens (tertiary/aromatic N) is 2. The Morgan fingerprint density at radius 1 is 1.45 bits per heavy atom. The van der Waals surface area contributed by atoms with Crippen LogP contribution < -0.4 is 15.5 Å². The highest BCUT2D eigenvalue weighted by molar-refractivity contribution is 5.98. The summed E-state index contributed by atoms with van der Waals surface area (Å²) in [5.41, 5.74) is 0.661. The van der Waals surface area contributed by atoms with Gasteiger partial charge in [-0.05, 0) is 44.0 Å². The van der Waals surface area contributed by atoms with E-state index in [1.807, 2.05) is 12.1 Å². The van der Waals surface area contributed by atoms with Crippen LogP contribution in [0.3, 0.4) is 0 Å². The second kappa shape index (κ2) is 7.56. The Balaban J connectivity index is 1.59. The van der Waals surface area contributed by atoms with Gasteiger partial charge in [0.1, 0.15) is 5.82 Å². The minimum Gasteiger partial charge on any atom is -0.378 e. The monoisotopic (exact) mass is 304 g/mol. The number of carbonyl (C=O) groups excluding carboxylic acids is 1. The third-order valence-electron chi connectivity index (χ3n) is 4.34. The summed E-state index contributed by atoms with van der Waals surface area (Å²) in [5.74, 6) is 1.43. The van der Waals surface area contributed by atoms with Crippen molar-refractivity contribution >= 4 is 11.7 Å². The van der Waals surface area contributed by atoms with E-state index in [0.717, 1.165) is 45.0 Å². The lowest BCUT2D eigenvalue weighted by molar-refractivity contribution is 0.0949. The van der Waals surface area contributed by atoms with Crippen molar-refractivity contribution in [1.82, 2.24) is 15.6 Å². The maximum atomic E-state index is 12.5. The third kappa shape index (κ3) is 3.75. The molecule has 0 aromatic carbocycles. The molecule has 0 saturated carbocycles. The molecule has 0 aliphatic carbocycles. The van der Waals surface area contributed by atoms with Gasteiger partial charge in [-0.25, -0.2) is 4.98 Å². The Kier molecular flexibility index (Phi) is 5.24. The van der Waals surface area contributed by atoms with Crippen LogP contribution in [0.2, 0.25) is 0 Å². The maximum absolute atomic E-state index is 12.5. The number of anilines is 1. The maximum Gasteiger partial charge on any atom is 0.255 e. The van der Waals surface area contributed by atoms with Gasteiger partial charge in [-0.1, -0.05) is 0 Å². The van der Waals surface area contributed by atoms with E-state index in [0.29, 0.717) is 24.7 Å². The number of aromatic nitrogens is 1. The van der Waals surface area contributed by atoms with Gasteiger partial charge in [0.15, 0.2) is 0 Å². The highest BCUT2D eigenvalue weighted by Crippen LogP contribution is 2.18. The molecule has 2 N–H and O–H groups in total. The lowest BCUT2D eigenvalue weighted by Gasteiger charge is -2.29. The SMILES string of the molecule is O=C(NCCC1CCNC1)c1cccnc1N1CCOCC1. The summed E-state index contributed by atoms with van der Waals surface area (Å²) in [7, 11) is 0. The second-order valence-electron chi connectivity index (χ2n) is 5.88. The molecule has 1 amide bonds. The van der Waals surface area contributed by atoms with E-state index in [4.69, 9.17) is 4.74 Å². The standard InChI is InChI=1S/C16H24N4O2/c21-16(19-7-4-13-3-6-17-12-13)14-2-1-5-18-15(14)20-8-10-22-11-9-20/h1-2,5,13,17H,3-4,6-12H2,(H,19,21). The van der Waals surface area contributed by atoms with Crippen molar-refractivity contribution in [3.8, 4) is 0 Å². The molecule has 0 radical (unpaired) electrons. The summed E-state index contributed by atoms with van der Waals surface area (Å²) >= 11 is 0. The molecular formula is C16H24N4O2. The quantitative estimate of drug-likeness (QED) is 0.836. The zero-order valence-corrected chi connectivity index (χ0v) is 12.9. The first-order valence-electron chi connectivity index (χ1n) is 8.11. The van der Waals surface area contributed by atoms with Gasteiger partial charge in [-0.2, -0.15) is 0 Å². The highest BCUT2D eigenvalue weighted by Gasteiger charge is 2.20. The molecule has 0 spiro atoms. The van der Waals surface area contributed by atoms with E-state index in [-0.39, 0.29) is 5.91 Å². The predicted molar refractivity (Wildman–Crippen MR) is 85.2 cm³/mol. The van der Waals surface area contributed by atoms with Crippen molar-refractivity contribution in [2.45, 2.75) is 12.8 Å². The summed E-state index contributed by atoms with van der Waals surface area (Å²) in [6.45, 7) is 5.83. The van der Waals surface area contributed by atoms with Crippen molar-refractivity contribution in [1.29, 1.82) is 0 Å². The van der Waals surface area contributed by atoms with Crippen molar-refractivity contribution in [2.75, 3.05) is 50.8 Å². The molecule has 2 fully saturated rings. The predicted octanol–water partition coefficient (Wildman–Crippen LogP) is 0.648. The zero-order valence-electron chi connectivity index (χ0n) is 12.9. The molecular weight excluding hydrogens is 280 g/mol. The summed E-state index contributed by atoms with van der Waals surface area (Å²) in [6, 6.07) is 3.67. The fourth-order valence-electron chi connectivity index (χ4n) is 3.05. The van der Waals surface area contributed by atoms with Gasteiger partial charge < -0.3 is 20.3 Å². The van der Waals surface area contributed by atoms with Crippen LogP contribution in [0.15, 0.2) is 18.3 Å². The van der Waals surface area contributed by atoms with E-state index in [1.54, 1.807) is 6.20 Å². The Bertz CT molecular complexity index is 497. The van der Waals surface area contributed by atoms with Crippen LogP contribution in [0.5, 0.6) is 0 Å². The van der Waals surface area contributed by atoms with Gasteiger partial charge in [0.2, 0.25) is 0 Å². The molecule has 3 heterocycles. The third-order valence-corrected chi connectivity index (χ3v) is 4.34. The lowest BCUT2D eigenvalue weighted by atomic mass is 10.1. The number of hydrogen-bond donors (Lipinski definition) is 2. The van der Waals surface area contributed by atoms with Crippen molar-refractivity contribution in [3.63, 3.8) is 0 Å². The number of rotatable bonds is 5. The fourth-order valence-corrected chi connectivity index (χ4v) is 3.05. The summed E-state index contributed by atoms with van der Waals surface area (Å²) in [4.78, 5) is 19.0. The van der Waals surface area contributed by atoms with Crippen LogP contribution in [-0.2, 0) is 4.74 Å². The average Bonchev–Trinajstić information content (AvgIpc) is 3.09. The van der Waals surface area contributed by atoms with Gasteiger partial charge in [0.05, 0.1) is 18.8 Å². The van der Waals surface area contributed by atoms with Crippen LogP contribution in [0.4, 0.5) is 5.82 Å². The molecule has 2 saturated heterocycles. The highest BCUT2D eigenvalue weighted by atomic mass is 16.5. The molecule has 1 unspecified atom stereocenters. The van der Waals surface area contributed by atoms with E-state index in [2.05, 4.69) is 20.5 Å². The molecule has 22 heavy (non-hydrogen) atoms. The number of pyridine rings is 1. The molecule has 1 atom stereocenters. The van der Waals surface area contributed by atoms with E-state index >= 15 is 0 Å². The van der Waals surface area contributed by atoms with Gasteiger partial charge >= 0.3 is 0 Å². The van der Waals surface area contributed by atoms with E-state index < -0.39 is 0 Å². The zero-order chi connectivity index (χ0) is 15.2. The lowest BCUT2D eigenvalue weighted by Crippen LogP contribution is -2.38. The molecule has 120 valence electrons. The summed E-state index contributed by atoms with van der Waals surface area (Å²) in [6.07, 6.45) is 3.99. The normalized spacial score (nSPS) is 21.8. The molecule has 0 bridgehead atoms. The number of amides is 1. The minimum atomic E-state index is -0.0273. The van der Waals surface area contributed by atoms with Gasteiger partial charge in [0.25, 0.3) is 5.91 Å². The number of nitrogens with one attached hydrogen (secondary N) is 2. The smallest absolute Gasteiger partial charge is 0.255 e. The Morgan fingerprint density at radius 2 is 2.32 bits per heavy atom. The van der Waals surface area contributed by atoms with Crippen molar-refractivity contribution in [3.05, 3.63) is 23.9 Å². The van der Waals surface area contributed by atoms with Crippen LogP contribution in [0.25, 0.3) is 0 Å². The van der Waals surface area contributed by atoms with Gasteiger partial charge in [-0.3, -0.25) is 4.79 Å². The largest absolute Gasteiger partial charge is 0.378 e. The first-order valence-corrected chi connectivity index (χ1v) is 8.11.